The summed E-state index contributed by atoms with van der Waals surface area (Å²) >= 11 is 5.83. The van der Waals surface area contributed by atoms with Crippen LogP contribution in [0.25, 0.3) is 0 Å². The molecule has 1 aromatic rings. The summed E-state index contributed by atoms with van der Waals surface area (Å²) in [4.78, 5) is 10.9. The van der Waals surface area contributed by atoms with Crippen molar-refractivity contribution in [1.29, 1.82) is 5.26 Å². The van der Waals surface area contributed by atoms with Crippen molar-refractivity contribution >= 4 is 17.9 Å². The van der Waals surface area contributed by atoms with Crippen molar-refractivity contribution in [3.8, 4) is 17.6 Å². The Kier molecular flexibility index (Phi) is 5.31. The van der Waals surface area contributed by atoms with Gasteiger partial charge in [0.25, 0.3) is 0 Å². The van der Waals surface area contributed by atoms with Crippen LogP contribution in [0.15, 0.2) is 12.1 Å². The molecule has 0 atom stereocenters. The van der Waals surface area contributed by atoms with E-state index in [1.807, 2.05) is 6.07 Å². The van der Waals surface area contributed by atoms with E-state index in [9.17, 15) is 4.79 Å². The molecule has 0 bridgehead atoms. The van der Waals surface area contributed by atoms with Crippen LogP contribution < -0.4 is 9.47 Å². The van der Waals surface area contributed by atoms with E-state index < -0.39 is 0 Å². The van der Waals surface area contributed by atoms with E-state index in [0.717, 1.165) is 0 Å². The lowest BCUT2D eigenvalue weighted by molar-refractivity contribution is 0.111. The average Bonchev–Trinajstić information content (AvgIpc) is 2.35. The van der Waals surface area contributed by atoms with E-state index in [2.05, 4.69) is 0 Å². The first-order chi connectivity index (χ1) is 8.22. The standard InChI is InChI=1S/C12H12ClNO3/c1-16-11-7-10(13)6-9(8-15)12(11)17-5-3-2-4-14/h6-8H,2-3,5H2,1H3. The van der Waals surface area contributed by atoms with E-state index >= 15 is 0 Å². The molecule has 0 amide bonds. The molecule has 0 radical (unpaired) electrons. The van der Waals surface area contributed by atoms with Crippen LogP contribution in [0.4, 0.5) is 0 Å². The van der Waals surface area contributed by atoms with E-state index in [4.69, 9.17) is 26.3 Å². The molecule has 0 aliphatic carbocycles. The summed E-state index contributed by atoms with van der Waals surface area (Å²) < 4.78 is 10.5. The summed E-state index contributed by atoms with van der Waals surface area (Å²) in [6.45, 7) is 0.354. The van der Waals surface area contributed by atoms with Crippen LogP contribution in [0.3, 0.4) is 0 Å². The molecule has 0 saturated heterocycles. The number of methoxy groups -OCH3 is 1. The SMILES string of the molecule is COc1cc(Cl)cc(C=O)c1OCCCC#N. The number of hydrogen-bond acceptors (Lipinski definition) is 4. The van der Waals surface area contributed by atoms with Crippen molar-refractivity contribution in [3.63, 3.8) is 0 Å². The number of unbranched alkanes of at least 4 members (excludes halogenated alkanes) is 1. The van der Waals surface area contributed by atoms with Gasteiger partial charge in [0.05, 0.1) is 25.3 Å². The fourth-order valence-electron chi connectivity index (χ4n) is 1.31. The van der Waals surface area contributed by atoms with E-state index in [1.165, 1.54) is 13.2 Å². The van der Waals surface area contributed by atoms with Gasteiger partial charge < -0.3 is 9.47 Å². The third kappa shape index (κ3) is 3.65. The number of nitriles is 1. The Morgan fingerprint density at radius 2 is 2.29 bits per heavy atom. The number of ether oxygens (including phenoxy) is 2. The van der Waals surface area contributed by atoms with Crippen LogP contribution in [0, 0.1) is 11.3 Å². The Balaban J connectivity index is 2.87. The number of carbonyl (C=O) groups is 1. The predicted molar refractivity (Wildman–Crippen MR) is 63.7 cm³/mol. The Morgan fingerprint density at radius 3 is 2.88 bits per heavy atom. The molecule has 1 aromatic carbocycles. The summed E-state index contributed by atoms with van der Waals surface area (Å²) in [7, 11) is 1.47. The van der Waals surface area contributed by atoms with Gasteiger partial charge in [0.2, 0.25) is 0 Å². The maximum atomic E-state index is 10.9. The van der Waals surface area contributed by atoms with Crippen molar-refractivity contribution in [1.82, 2.24) is 0 Å². The van der Waals surface area contributed by atoms with E-state index in [1.54, 1.807) is 6.07 Å². The van der Waals surface area contributed by atoms with Crippen LogP contribution in [0.2, 0.25) is 5.02 Å². The molecule has 0 fully saturated rings. The van der Waals surface area contributed by atoms with E-state index in [0.29, 0.717) is 47.8 Å². The van der Waals surface area contributed by atoms with Gasteiger partial charge in [0, 0.05) is 17.5 Å². The zero-order valence-electron chi connectivity index (χ0n) is 9.40. The Hall–Kier alpha value is -1.73. The topological polar surface area (TPSA) is 59.3 Å². The summed E-state index contributed by atoms with van der Waals surface area (Å²) in [5, 5.41) is 8.81. The zero-order valence-corrected chi connectivity index (χ0v) is 10.2. The van der Waals surface area contributed by atoms with Gasteiger partial charge >= 0.3 is 0 Å². The molecule has 90 valence electrons. The van der Waals surface area contributed by atoms with Gasteiger partial charge in [-0.25, -0.2) is 0 Å². The zero-order chi connectivity index (χ0) is 12.7. The first-order valence-corrected chi connectivity index (χ1v) is 5.43. The van der Waals surface area contributed by atoms with Crippen LogP contribution in [0.1, 0.15) is 23.2 Å². The number of benzene rings is 1. The van der Waals surface area contributed by atoms with Crippen molar-refractivity contribution in [2.45, 2.75) is 12.8 Å². The quantitative estimate of drug-likeness (QED) is 0.578. The Labute approximate surface area is 105 Å². The van der Waals surface area contributed by atoms with Gasteiger partial charge in [-0.1, -0.05) is 11.6 Å². The highest BCUT2D eigenvalue weighted by Crippen LogP contribution is 2.33. The molecule has 4 nitrogen and oxygen atoms in total. The molecule has 1 rings (SSSR count). The predicted octanol–water partition coefficient (Wildman–Crippen LogP) is 2.84. The van der Waals surface area contributed by atoms with Gasteiger partial charge in [0.1, 0.15) is 0 Å². The van der Waals surface area contributed by atoms with Crippen molar-refractivity contribution in [3.05, 3.63) is 22.7 Å². The minimum Gasteiger partial charge on any atom is -0.493 e. The number of halogens is 1. The highest BCUT2D eigenvalue weighted by molar-refractivity contribution is 6.31. The lowest BCUT2D eigenvalue weighted by atomic mass is 10.2. The van der Waals surface area contributed by atoms with Crippen LogP contribution in [-0.2, 0) is 0 Å². The maximum Gasteiger partial charge on any atom is 0.171 e. The normalized spacial score (nSPS) is 9.47. The van der Waals surface area contributed by atoms with Crippen LogP contribution in [-0.4, -0.2) is 20.0 Å². The monoisotopic (exact) mass is 253 g/mol. The number of rotatable bonds is 6. The largest absolute Gasteiger partial charge is 0.493 e. The van der Waals surface area contributed by atoms with Gasteiger partial charge in [0.15, 0.2) is 17.8 Å². The second kappa shape index (κ2) is 6.77. The summed E-state index contributed by atoms with van der Waals surface area (Å²) in [5.41, 5.74) is 0.339. The van der Waals surface area contributed by atoms with Gasteiger partial charge in [-0.05, 0) is 12.5 Å². The minimum absolute atomic E-state index is 0.339. The Morgan fingerprint density at radius 1 is 1.53 bits per heavy atom. The molecule has 0 heterocycles. The molecule has 0 unspecified atom stereocenters. The number of hydrogen-bond donors (Lipinski definition) is 0. The molecule has 0 spiro atoms. The molecule has 0 aromatic heterocycles. The third-order valence-corrected chi connectivity index (χ3v) is 2.29. The van der Waals surface area contributed by atoms with Crippen LogP contribution in [0.5, 0.6) is 11.5 Å². The fraction of sp³-hybridized carbons (Fsp3) is 0.333. The third-order valence-electron chi connectivity index (χ3n) is 2.07. The van der Waals surface area contributed by atoms with Gasteiger partial charge in [-0.3, -0.25) is 4.79 Å². The smallest absolute Gasteiger partial charge is 0.171 e. The highest BCUT2D eigenvalue weighted by Gasteiger charge is 2.12. The molecule has 17 heavy (non-hydrogen) atoms. The number of carbonyl (C=O) groups excluding carboxylic acids is 1. The first kappa shape index (κ1) is 13.3. The maximum absolute atomic E-state index is 10.9. The van der Waals surface area contributed by atoms with Gasteiger partial charge in [-0.15, -0.1) is 0 Å². The lowest BCUT2D eigenvalue weighted by Crippen LogP contribution is -2.02. The molecule has 0 aliphatic rings. The highest BCUT2D eigenvalue weighted by atomic mass is 35.5. The van der Waals surface area contributed by atoms with Crippen molar-refractivity contribution < 1.29 is 14.3 Å². The number of nitrogens with zero attached hydrogens (tertiary/aromatic N) is 1. The number of aldehydes is 1. The summed E-state index contributed by atoms with van der Waals surface area (Å²) in [6.07, 6.45) is 1.67. The molecule has 5 heteroatoms. The fourth-order valence-corrected chi connectivity index (χ4v) is 1.52. The second-order valence-electron chi connectivity index (χ2n) is 3.25. The van der Waals surface area contributed by atoms with Gasteiger partial charge in [-0.2, -0.15) is 5.26 Å². The first-order valence-electron chi connectivity index (χ1n) is 5.05. The molecular weight excluding hydrogens is 242 g/mol. The van der Waals surface area contributed by atoms with Crippen molar-refractivity contribution in [2.75, 3.05) is 13.7 Å². The van der Waals surface area contributed by atoms with E-state index in [-0.39, 0.29) is 0 Å². The minimum atomic E-state index is 0.339. The summed E-state index contributed by atoms with van der Waals surface area (Å²) in [5.74, 6) is 0.779. The molecular formula is C12H12ClNO3. The summed E-state index contributed by atoms with van der Waals surface area (Å²) in [6, 6.07) is 5.11. The molecule has 0 aliphatic heterocycles. The Bertz CT molecular complexity index is 440. The second-order valence-corrected chi connectivity index (χ2v) is 3.69. The average molecular weight is 254 g/mol. The van der Waals surface area contributed by atoms with Crippen LogP contribution >= 0.6 is 11.6 Å². The molecule has 0 saturated carbocycles. The molecule has 0 N–H and O–H groups in total. The van der Waals surface area contributed by atoms with Crippen molar-refractivity contribution in [2.24, 2.45) is 0 Å². The lowest BCUT2D eigenvalue weighted by Gasteiger charge is -2.12.